The second-order valence-corrected chi connectivity index (χ2v) is 7.12. The van der Waals surface area contributed by atoms with E-state index in [2.05, 4.69) is 12.2 Å². The highest BCUT2D eigenvalue weighted by Crippen LogP contribution is 2.37. The zero-order valence-electron chi connectivity index (χ0n) is 11.7. The van der Waals surface area contributed by atoms with E-state index in [0.29, 0.717) is 25.4 Å². The fraction of sp³-hybridized carbons (Fsp3) is 0.571. The van der Waals surface area contributed by atoms with Gasteiger partial charge >= 0.3 is 0 Å². The summed E-state index contributed by atoms with van der Waals surface area (Å²) >= 11 is 7.33. The largest absolute Gasteiger partial charge is 0.355 e. The fourth-order valence-corrected chi connectivity index (χ4v) is 3.20. The maximum atomic E-state index is 11.9. The van der Waals surface area contributed by atoms with Crippen LogP contribution in [0.3, 0.4) is 0 Å². The van der Waals surface area contributed by atoms with Crippen LogP contribution in [0.25, 0.3) is 0 Å². The topological polar surface area (TPSA) is 49.4 Å². The van der Waals surface area contributed by atoms with Gasteiger partial charge in [0.2, 0.25) is 11.8 Å². The number of rotatable bonds is 6. The number of amides is 2. The number of carbonyl (C=O) groups is 2. The van der Waals surface area contributed by atoms with Crippen LogP contribution in [0.15, 0.2) is 12.1 Å². The van der Waals surface area contributed by atoms with Crippen molar-refractivity contribution in [3.8, 4) is 0 Å². The molecule has 4 nitrogen and oxygen atoms in total. The minimum atomic E-state index is 0.0265. The molecule has 0 bridgehead atoms. The standard InChI is InChI=1S/C14H19ClN2O2S/c1-9-7-11(9)14(19)16-6-5-13(18)17(2)8-10-3-4-12(15)20-10/h3-4,9,11H,5-8H2,1-2H3,(H,16,19)/t9-,11+/m1/s1. The van der Waals surface area contributed by atoms with Crippen LogP contribution in [0.4, 0.5) is 0 Å². The Hall–Kier alpha value is -1.07. The minimum absolute atomic E-state index is 0.0265. The molecule has 0 aromatic carbocycles. The molecular formula is C14H19ClN2O2S. The predicted octanol–water partition coefficient (Wildman–Crippen LogP) is 2.52. The molecule has 6 heteroatoms. The molecule has 1 N–H and O–H groups in total. The molecule has 1 heterocycles. The molecule has 1 fully saturated rings. The van der Waals surface area contributed by atoms with Crippen LogP contribution in [0.5, 0.6) is 0 Å². The lowest BCUT2D eigenvalue weighted by Gasteiger charge is -2.16. The van der Waals surface area contributed by atoms with Crippen molar-refractivity contribution in [2.75, 3.05) is 13.6 Å². The summed E-state index contributed by atoms with van der Waals surface area (Å²) in [4.78, 5) is 26.3. The van der Waals surface area contributed by atoms with Gasteiger partial charge in [-0.05, 0) is 24.5 Å². The Balaban J connectivity index is 1.67. The Morgan fingerprint density at radius 3 is 2.75 bits per heavy atom. The van der Waals surface area contributed by atoms with Gasteiger partial charge in [0.15, 0.2) is 0 Å². The molecule has 0 radical (unpaired) electrons. The second-order valence-electron chi connectivity index (χ2n) is 5.32. The summed E-state index contributed by atoms with van der Waals surface area (Å²) < 4.78 is 0.728. The van der Waals surface area contributed by atoms with Crippen molar-refractivity contribution >= 4 is 34.8 Å². The lowest BCUT2D eigenvalue weighted by Crippen LogP contribution is -2.32. The van der Waals surface area contributed by atoms with Gasteiger partial charge in [-0.2, -0.15) is 0 Å². The van der Waals surface area contributed by atoms with E-state index in [1.807, 2.05) is 12.1 Å². The highest BCUT2D eigenvalue weighted by molar-refractivity contribution is 7.16. The smallest absolute Gasteiger partial charge is 0.224 e. The van der Waals surface area contributed by atoms with Gasteiger partial charge in [0.25, 0.3) is 0 Å². The third-order valence-corrected chi connectivity index (χ3v) is 4.75. The quantitative estimate of drug-likeness (QED) is 0.877. The molecule has 20 heavy (non-hydrogen) atoms. The van der Waals surface area contributed by atoms with E-state index in [1.54, 1.807) is 11.9 Å². The van der Waals surface area contributed by atoms with Crippen molar-refractivity contribution in [3.05, 3.63) is 21.3 Å². The Morgan fingerprint density at radius 2 is 2.20 bits per heavy atom. The first-order valence-corrected chi connectivity index (χ1v) is 7.92. The summed E-state index contributed by atoms with van der Waals surface area (Å²) in [6.45, 7) is 3.04. The first kappa shape index (κ1) is 15.3. The number of hydrogen-bond donors (Lipinski definition) is 1. The van der Waals surface area contributed by atoms with E-state index >= 15 is 0 Å². The average Bonchev–Trinajstić information content (AvgIpc) is 2.99. The van der Waals surface area contributed by atoms with Gasteiger partial charge in [0.05, 0.1) is 10.9 Å². The fourth-order valence-electron chi connectivity index (χ4n) is 2.06. The normalized spacial score (nSPS) is 20.6. The SMILES string of the molecule is C[C@@H]1C[C@@H]1C(=O)NCCC(=O)N(C)Cc1ccc(Cl)s1. The van der Waals surface area contributed by atoms with Crippen LogP contribution >= 0.6 is 22.9 Å². The van der Waals surface area contributed by atoms with Crippen LogP contribution in [0.1, 0.15) is 24.6 Å². The third-order valence-electron chi connectivity index (χ3n) is 3.53. The van der Waals surface area contributed by atoms with Crippen molar-refractivity contribution in [2.24, 2.45) is 11.8 Å². The van der Waals surface area contributed by atoms with E-state index in [-0.39, 0.29) is 17.7 Å². The van der Waals surface area contributed by atoms with E-state index < -0.39 is 0 Å². The van der Waals surface area contributed by atoms with E-state index in [1.165, 1.54) is 11.3 Å². The van der Waals surface area contributed by atoms with Gasteiger partial charge in [-0.25, -0.2) is 0 Å². The van der Waals surface area contributed by atoms with Gasteiger partial charge in [0, 0.05) is 30.8 Å². The van der Waals surface area contributed by atoms with E-state index in [0.717, 1.165) is 15.6 Å². The lowest BCUT2D eigenvalue weighted by molar-refractivity contribution is -0.130. The highest BCUT2D eigenvalue weighted by Gasteiger charge is 2.38. The van der Waals surface area contributed by atoms with Crippen molar-refractivity contribution < 1.29 is 9.59 Å². The Morgan fingerprint density at radius 1 is 1.50 bits per heavy atom. The van der Waals surface area contributed by atoms with Crippen molar-refractivity contribution in [3.63, 3.8) is 0 Å². The molecule has 0 unspecified atom stereocenters. The monoisotopic (exact) mass is 314 g/mol. The molecule has 1 aliphatic carbocycles. The van der Waals surface area contributed by atoms with Gasteiger partial charge in [-0.3, -0.25) is 9.59 Å². The Kier molecular flexibility index (Phi) is 5.05. The molecule has 1 saturated carbocycles. The zero-order chi connectivity index (χ0) is 14.7. The van der Waals surface area contributed by atoms with Crippen LogP contribution in [0.2, 0.25) is 4.34 Å². The second kappa shape index (κ2) is 6.59. The molecule has 2 rings (SSSR count). The van der Waals surface area contributed by atoms with Gasteiger partial charge in [0.1, 0.15) is 0 Å². The van der Waals surface area contributed by atoms with E-state index in [9.17, 15) is 9.59 Å². The molecule has 1 aromatic heterocycles. The summed E-state index contributed by atoms with van der Waals surface area (Å²) in [6.07, 6.45) is 1.31. The van der Waals surface area contributed by atoms with Gasteiger partial charge < -0.3 is 10.2 Å². The molecular weight excluding hydrogens is 296 g/mol. The summed E-state index contributed by atoms with van der Waals surface area (Å²) in [6, 6.07) is 3.75. The molecule has 2 amide bonds. The molecule has 0 saturated heterocycles. The molecule has 2 atom stereocenters. The zero-order valence-corrected chi connectivity index (χ0v) is 13.3. The first-order valence-electron chi connectivity index (χ1n) is 6.73. The molecule has 1 aliphatic rings. The maximum absolute atomic E-state index is 11.9. The Bertz CT molecular complexity index is 503. The number of thiophene rings is 1. The highest BCUT2D eigenvalue weighted by atomic mass is 35.5. The Labute approximate surface area is 128 Å². The van der Waals surface area contributed by atoms with Crippen molar-refractivity contribution in [1.29, 1.82) is 0 Å². The van der Waals surface area contributed by atoms with E-state index in [4.69, 9.17) is 11.6 Å². The number of nitrogens with zero attached hydrogens (tertiary/aromatic N) is 1. The molecule has 0 spiro atoms. The van der Waals surface area contributed by atoms with Crippen molar-refractivity contribution in [1.82, 2.24) is 10.2 Å². The third kappa shape index (κ3) is 4.21. The summed E-state index contributed by atoms with van der Waals surface area (Å²) in [5, 5.41) is 2.82. The number of halogens is 1. The number of nitrogens with one attached hydrogen (secondary N) is 1. The lowest BCUT2D eigenvalue weighted by atomic mass is 10.3. The summed E-state index contributed by atoms with van der Waals surface area (Å²) in [5.74, 6) is 0.768. The van der Waals surface area contributed by atoms with Gasteiger partial charge in [-0.15, -0.1) is 11.3 Å². The van der Waals surface area contributed by atoms with Crippen LogP contribution < -0.4 is 5.32 Å². The summed E-state index contributed by atoms with van der Waals surface area (Å²) in [7, 11) is 1.76. The van der Waals surface area contributed by atoms with Crippen molar-refractivity contribution in [2.45, 2.75) is 26.3 Å². The molecule has 0 aliphatic heterocycles. The van der Waals surface area contributed by atoms with Crippen LogP contribution in [-0.4, -0.2) is 30.3 Å². The summed E-state index contributed by atoms with van der Waals surface area (Å²) in [5.41, 5.74) is 0. The molecule has 110 valence electrons. The first-order chi connectivity index (χ1) is 9.47. The minimum Gasteiger partial charge on any atom is -0.355 e. The van der Waals surface area contributed by atoms with Crippen LogP contribution in [-0.2, 0) is 16.1 Å². The number of carbonyl (C=O) groups excluding carboxylic acids is 2. The number of hydrogen-bond acceptors (Lipinski definition) is 3. The predicted molar refractivity (Wildman–Crippen MR) is 80.7 cm³/mol. The molecule has 1 aromatic rings. The maximum Gasteiger partial charge on any atom is 0.224 e. The van der Waals surface area contributed by atoms with Gasteiger partial charge in [-0.1, -0.05) is 18.5 Å². The van der Waals surface area contributed by atoms with Crippen LogP contribution in [0, 0.1) is 11.8 Å². The average molecular weight is 315 g/mol.